The number of halogens is 1. The Kier molecular flexibility index (Phi) is 7.31. The van der Waals surface area contributed by atoms with Crippen LogP contribution in [0.4, 0.5) is 0 Å². The van der Waals surface area contributed by atoms with Crippen LogP contribution in [0, 0.1) is 0 Å². The predicted octanol–water partition coefficient (Wildman–Crippen LogP) is 4.61. The Morgan fingerprint density at radius 3 is 2.52 bits per heavy atom. The van der Waals surface area contributed by atoms with Gasteiger partial charge in [0.1, 0.15) is 0 Å². The number of methoxy groups -OCH3 is 1. The first kappa shape index (κ1) is 19.3. The molecule has 0 aromatic heterocycles. The van der Waals surface area contributed by atoms with E-state index >= 15 is 0 Å². The number of nitrogens with one attached hydrogen (secondary N) is 1. The van der Waals surface area contributed by atoms with Crippen molar-refractivity contribution >= 4 is 21.8 Å². The molecule has 0 saturated carbocycles. The maximum atomic E-state index is 12.4. The largest absolute Gasteiger partial charge is 0.493 e. The molecule has 2 aromatic carbocycles. The molecule has 0 aliphatic heterocycles. The normalized spacial score (nSPS) is 11.7. The summed E-state index contributed by atoms with van der Waals surface area (Å²) in [5, 5.41) is 3.04. The van der Waals surface area contributed by atoms with Crippen molar-refractivity contribution < 1.29 is 14.3 Å². The molecule has 0 saturated heterocycles. The fraction of sp³-hybridized carbons (Fsp3) is 0.350. The smallest absolute Gasteiger partial charge is 0.251 e. The fourth-order valence-electron chi connectivity index (χ4n) is 2.50. The lowest BCUT2D eigenvalue weighted by Crippen LogP contribution is -2.32. The van der Waals surface area contributed by atoms with E-state index in [1.165, 1.54) is 5.56 Å². The zero-order chi connectivity index (χ0) is 18.2. The van der Waals surface area contributed by atoms with Crippen molar-refractivity contribution in [2.45, 2.75) is 32.7 Å². The minimum absolute atomic E-state index is 0.0775. The van der Waals surface area contributed by atoms with Gasteiger partial charge in [-0.1, -0.05) is 28.1 Å². The van der Waals surface area contributed by atoms with Gasteiger partial charge in [0.25, 0.3) is 5.91 Å². The number of benzene rings is 2. The van der Waals surface area contributed by atoms with Crippen LogP contribution in [0.3, 0.4) is 0 Å². The molecule has 5 heteroatoms. The quantitative estimate of drug-likeness (QED) is 0.697. The second-order valence-corrected chi connectivity index (χ2v) is 6.75. The van der Waals surface area contributed by atoms with Gasteiger partial charge in [-0.25, -0.2) is 0 Å². The minimum Gasteiger partial charge on any atom is -0.493 e. The summed E-state index contributed by atoms with van der Waals surface area (Å²) in [4.78, 5) is 12.4. The van der Waals surface area contributed by atoms with Gasteiger partial charge in [0, 0.05) is 16.1 Å². The summed E-state index contributed by atoms with van der Waals surface area (Å²) >= 11 is 3.43. The van der Waals surface area contributed by atoms with E-state index in [0.717, 1.165) is 17.3 Å². The van der Waals surface area contributed by atoms with E-state index in [1.807, 2.05) is 26.0 Å². The van der Waals surface area contributed by atoms with Crippen molar-refractivity contribution in [3.63, 3.8) is 0 Å². The summed E-state index contributed by atoms with van der Waals surface area (Å²) in [5.74, 6) is 1.10. The second-order valence-electron chi connectivity index (χ2n) is 5.84. The van der Waals surface area contributed by atoms with Gasteiger partial charge in [-0.3, -0.25) is 4.79 Å². The van der Waals surface area contributed by atoms with E-state index in [0.29, 0.717) is 23.7 Å². The number of aryl methyl sites for hydroxylation is 1. The Balaban J connectivity index is 1.92. The highest BCUT2D eigenvalue weighted by molar-refractivity contribution is 9.10. The topological polar surface area (TPSA) is 47.6 Å². The molecule has 0 heterocycles. The molecule has 0 radical (unpaired) electrons. The molecule has 0 bridgehead atoms. The van der Waals surface area contributed by atoms with Gasteiger partial charge in [0.15, 0.2) is 11.5 Å². The number of carbonyl (C=O) groups excluding carboxylic acids is 1. The van der Waals surface area contributed by atoms with Gasteiger partial charge >= 0.3 is 0 Å². The summed E-state index contributed by atoms with van der Waals surface area (Å²) in [6.45, 7) is 4.48. The molecule has 2 aromatic rings. The zero-order valence-corrected chi connectivity index (χ0v) is 16.4. The number of hydrogen-bond acceptors (Lipinski definition) is 3. The van der Waals surface area contributed by atoms with Gasteiger partial charge < -0.3 is 14.8 Å². The van der Waals surface area contributed by atoms with E-state index in [1.54, 1.807) is 25.3 Å². The van der Waals surface area contributed by atoms with E-state index in [4.69, 9.17) is 9.47 Å². The highest BCUT2D eigenvalue weighted by Crippen LogP contribution is 2.28. The van der Waals surface area contributed by atoms with Crippen molar-refractivity contribution in [1.82, 2.24) is 5.32 Å². The molecule has 4 nitrogen and oxygen atoms in total. The Morgan fingerprint density at radius 2 is 1.88 bits per heavy atom. The number of amides is 1. The summed E-state index contributed by atoms with van der Waals surface area (Å²) in [5.41, 5.74) is 1.82. The van der Waals surface area contributed by atoms with Gasteiger partial charge in [-0.2, -0.15) is 0 Å². The summed E-state index contributed by atoms with van der Waals surface area (Å²) in [6, 6.07) is 13.6. The molecule has 2 rings (SSSR count). The maximum Gasteiger partial charge on any atom is 0.251 e. The Bertz CT molecular complexity index is 701. The average molecular weight is 406 g/mol. The molecule has 134 valence electrons. The van der Waals surface area contributed by atoms with Gasteiger partial charge in [-0.05, 0) is 62.6 Å². The molecule has 0 aliphatic rings. The number of carbonyl (C=O) groups is 1. The number of hydrogen-bond donors (Lipinski definition) is 1. The maximum absolute atomic E-state index is 12.4. The lowest BCUT2D eigenvalue weighted by molar-refractivity contribution is 0.0938. The first-order valence-electron chi connectivity index (χ1n) is 8.39. The molecule has 1 N–H and O–H groups in total. The highest BCUT2D eigenvalue weighted by atomic mass is 79.9. The van der Waals surface area contributed by atoms with Crippen molar-refractivity contribution in [3.8, 4) is 11.5 Å². The molecule has 1 unspecified atom stereocenters. The molecule has 1 atom stereocenters. The lowest BCUT2D eigenvalue weighted by Gasteiger charge is -2.15. The van der Waals surface area contributed by atoms with Crippen LogP contribution in [0.15, 0.2) is 46.9 Å². The van der Waals surface area contributed by atoms with E-state index in [2.05, 4.69) is 33.4 Å². The molecule has 0 spiro atoms. The Hall–Kier alpha value is -2.01. The van der Waals surface area contributed by atoms with Crippen molar-refractivity contribution in [2.75, 3.05) is 13.7 Å². The van der Waals surface area contributed by atoms with Gasteiger partial charge in [-0.15, -0.1) is 0 Å². The third-order valence-electron chi connectivity index (χ3n) is 3.88. The summed E-state index contributed by atoms with van der Waals surface area (Å²) in [6.07, 6.45) is 1.79. The molecular weight excluding hydrogens is 382 g/mol. The second kappa shape index (κ2) is 9.47. The van der Waals surface area contributed by atoms with Gasteiger partial charge in [0.2, 0.25) is 0 Å². The van der Waals surface area contributed by atoms with E-state index < -0.39 is 0 Å². The fourth-order valence-corrected chi connectivity index (χ4v) is 2.76. The summed E-state index contributed by atoms with van der Waals surface area (Å²) < 4.78 is 11.9. The molecule has 0 aliphatic carbocycles. The first-order chi connectivity index (χ1) is 12.0. The standard InChI is InChI=1S/C20H24BrNO3/c1-4-25-18-12-9-16(13-19(18)24-3)20(23)22-14(2)5-6-15-7-10-17(21)11-8-15/h7-14H,4-6H2,1-3H3,(H,22,23). The van der Waals surface area contributed by atoms with Crippen LogP contribution >= 0.6 is 15.9 Å². The first-order valence-corrected chi connectivity index (χ1v) is 9.19. The molecule has 0 fully saturated rings. The highest BCUT2D eigenvalue weighted by Gasteiger charge is 2.13. The molecule has 25 heavy (non-hydrogen) atoms. The van der Waals surface area contributed by atoms with Crippen LogP contribution in [-0.2, 0) is 6.42 Å². The minimum atomic E-state index is -0.107. The van der Waals surface area contributed by atoms with Crippen molar-refractivity contribution in [3.05, 3.63) is 58.1 Å². The molecular formula is C20H24BrNO3. The summed E-state index contributed by atoms with van der Waals surface area (Å²) in [7, 11) is 1.57. The van der Waals surface area contributed by atoms with E-state index in [-0.39, 0.29) is 11.9 Å². The number of ether oxygens (including phenoxy) is 2. The van der Waals surface area contributed by atoms with Crippen LogP contribution in [0.25, 0.3) is 0 Å². The third-order valence-corrected chi connectivity index (χ3v) is 4.41. The van der Waals surface area contributed by atoms with Crippen LogP contribution < -0.4 is 14.8 Å². The zero-order valence-electron chi connectivity index (χ0n) is 14.8. The van der Waals surface area contributed by atoms with E-state index in [9.17, 15) is 4.79 Å². The van der Waals surface area contributed by atoms with Gasteiger partial charge in [0.05, 0.1) is 13.7 Å². The monoisotopic (exact) mass is 405 g/mol. The van der Waals surface area contributed by atoms with Crippen LogP contribution in [-0.4, -0.2) is 25.7 Å². The van der Waals surface area contributed by atoms with Crippen LogP contribution in [0.5, 0.6) is 11.5 Å². The number of rotatable bonds is 8. The Morgan fingerprint density at radius 1 is 1.16 bits per heavy atom. The molecule has 1 amide bonds. The average Bonchev–Trinajstić information content (AvgIpc) is 2.61. The van der Waals surface area contributed by atoms with Crippen LogP contribution in [0.1, 0.15) is 36.2 Å². The lowest BCUT2D eigenvalue weighted by atomic mass is 10.1. The van der Waals surface area contributed by atoms with Crippen LogP contribution in [0.2, 0.25) is 0 Å². The predicted molar refractivity (Wildman–Crippen MR) is 104 cm³/mol. The van der Waals surface area contributed by atoms with Crippen molar-refractivity contribution in [1.29, 1.82) is 0 Å². The van der Waals surface area contributed by atoms with Crippen molar-refractivity contribution in [2.24, 2.45) is 0 Å². The third kappa shape index (κ3) is 5.78. The Labute approximate surface area is 157 Å². The SMILES string of the molecule is CCOc1ccc(C(=O)NC(C)CCc2ccc(Br)cc2)cc1OC.